The van der Waals surface area contributed by atoms with E-state index in [0.717, 1.165) is 19.5 Å². The van der Waals surface area contributed by atoms with Crippen LogP contribution in [0.1, 0.15) is 64.1 Å². The third-order valence-electron chi connectivity index (χ3n) is 3.72. The lowest BCUT2D eigenvalue weighted by molar-refractivity contribution is 0.212. The molecule has 2 heteroatoms. The van der Waals surface area contributed by atoms with Crippen LogP contribution in [0.15, 0.2) is 18.2 Å². The molecular formula is C16H26NSi. The molecule has 0 aliphatic rings. The molecule has 1 aromatic carbocycles. The molecule has 0 aliphatic heterocycles. The van der Waals surface area contributed by atoms with E-state index in [9.17, 15) is 0 Å². The van der Waals surface area contributed by atoms with Crippen LogP contribution in [-0.2, 0) is 0 Å². The summed E-state index contributed by atoms with van der Waals surface area (Å²) in [5, 5.41) is 1.24. The first kappa shape index (κ1) is 15.5. The highest BCUT2D eigenvalue weighted by Crippen LogP contribution is 2.29. The number of hydrogen-bond donors (Lipinski definition) is 0. The van der Waals surface area contributed by atoms with Gasteiger partial charge in [-0.05, 0) is 36.6 Å². The molecule has 0 aromatic heterocycles. The van der Waals surface area contributed by atoms with Crippen molar-refractivity contribution in [3.63, 3.8) is 0 Å². The average molecular weight is 260 g/mol. The van der Waals surface area contributed by atoms with Crippen molar-refractivity contribution in [1.82, 2.24) is 4.90 Å². The fourth-order valence-corrected chi connectivity index (χ4v) is 3.39. The fourth-order valence-electron chi connectivity index (χ4n) is 2.86. The van der Waals surface area contributed by atoms with E-state index in [2.05, 4.69) is 68.0 Å². The molecule has 0 spiro atoms. The Balaban J connectivity index is 3.24. The summed E-state index contributed by atoms with van der Waals surface area (Å²) in [6.45, 7) is 13.6. The van der Waals surface area contributed by atoms with Crippen molar-refractivity contribution in [2.75, 3.05) is 13.1 Å². The van der Waals surface area contributed by atoms with E-state index in [-0.39, 0.29) is 0 Å². The van der Waals surface area contributed by atoms with Crippen LogP contribution in [0.3, 0.4) is 0 Å². The first-order valence-corrected chi connectivity index (χ1v) is 7.65. The van der Waals surface area contributed by atoms with Crippen LogP contribution in [0.25, 0.3) is 0 Å². The molecule has 1 aromatic rings. The second-order valence-electron chi connectivity index (χ2n) is 5.11. The highest BCUT2D eigenvalue weighted by Gasteiger charge is 2.20. The van der Waals surface area contributed by atoms with Gasteiger partial charge in [-0.3, -0.25) is 4.90 Å². The summed E-state index contributed by atoms with van der Waals surface area (Å²) in [5.41, 5.74) is 2.96. The molecule has 0 N–H and O–H groups in total. The smallest absolute Gasteiger partial charge is 0.0716 e. The highest BCUT2D eigenvalue weighted by atomic mass is 28.1. The molecule has 0 amide bonds. The zero-order valence-corrected chi connectivity index (χ0v) is 13.5. The second kappa shape index (κ2) is 7.10. The van der Waals surface area contributed by atoms with E-state index in [0.29, 0.717) is 12.0 Å². The average Bonchev–Trinajstić information content (AvgIpc) is 2.35. The summed E-state index contributed by atoms with van der Waals surface area (Å²) in [7, 11) is 3.77. The van der Waals surface area contributed by atoms with Gasteiger partial charge in [-0.25, -0.2) is 0 Å². The number of hydrogen-bond acceptors (Lipinski definition) is 1. The van der Waals surface area contributed by atoms with Crippen molar-refractivity contribution in [2.45, 2.75) is 53.0 Å². The molecule has 0 fully saturated rings. The van der Waals surface area contributed by atoms with Crippen molar-refractivity contribution < 1.29 is 0 Å². The maximum atomic E-state index is 3.77. The van der Waals surface area contributed by atoms with Crippen molar-refractivity contribution in [2.24, 2.45) is 0 Å². The van der Waals surface area contributed by atoms with E-state index < -0.39 is 0 Å². The van der Waals surface area contributed by atoms with E-state index in [4.69, 9.17) is 0 Å². The first-order valence-electron chi connectivity index (χ1n) is 7.15. The lowest BCUT2D eigenvalue weighted by atomic mass is 9.90. The minimum absolute atomic E-state index is 0.536. The highest BCUT2D eigenvalue weighted by molar-refractivity contribution is 6.33. The topological polar surface area (TPSA) is 3.24 Å². The zero-order valence-electron chi connectivity index (χ0n) is 12.5. The van der Waals surface area contributed by atoms with Gasteiger partial charge in [0.1, 0.15) is 0 Å². The summed E-state index contributed by atoms with van der Waals surface area (Å²) in [6, 6.07) is 7.15. The van der Waals surface area contributed by atoms with E-state index in [1.165, 1.54) is 16.3 Å². The molecule has 18 heavy (non-hydrogen) atoms. The quantitative estimate of drug-likeness (QED) is 0.709. The van der Waals surface area contributed by atoms with Crippen LogP contribution in [0, 0.1) is 0 Å². The molecule has 1 nitrogen and oxygen atoms in total. The molecule has 0 heterocycles. The molecule has 1 unspecified atom stereocenters. The predicted octanol–water partition coefficient (Wildman–Crippen LogP) is 3.40. The summed E-state index contributed by atoms with van der Waals surface area (Å²) in [4.78, 5) is 2.55. The van der Waals surface area contributed by atoms with Gasteiger partial charge in [0, 0.05) is 6.04 Å². The van der Waals surface area contributed by atoms with Crippen molar-refractivity contribution in [1.29, 1.82) is 0 Å². The Hall–Kier alpha value is -0.603. The van der Waals surface area contributed by atoms with Gasteiger partial charge >= 0.3 is 0 Å². The van der Waals surface area contributed by atoms with Crippen LogP contribution in [0.2, 0.25) is 0 Å². The van der Waals surface area contributed by atoms with Crippen molar-refractivity contribution in [3.05, 3.63) is 29.3 Å². The lowest BCUT2D eigenvalue weighted by Crippen LogP contribution is -2.30. The summed E-state index contributed by atoms with van der Waals surface area (Å²) in [5.74, 6) is 0.554. The predicted molar refractivity (Wildman–Crippen MR) is 81.9 cm³/mol. The lowest BCUT2D eigenvalue weighted by Gasteiger charge is -2.32. The molecular weight excluding hydrogens is 234 g/mol. The van der Waals surface area contributed by atoms with Crippen LogP contribution in [-0.4, -0.2) is 28.2 Å². The molecule has 0 saturated heterocycles. The summed E-state index contributed by atoms with van der Waals surface area (Å²) >= 11 is 0. The Morgan fingerprint density at radius 1 is 1.11 bits per heavy atom. The van der Waals surface area contributed by atoms with Gasteiger partial charge in [0.2, 0.25) is 0 Å². The molecule has 0 aliphatic carbocycles. The normalized spacial score (nSPS) is 13.3. The summed E-state index contributed by atoms with van der Waals surface area (Å²) < 4.78 is 0. The van der Waals surface area contributed by atoms with Gasteiger partial charge in [-0.2, -0.15) is 0 Å². The maximum absolute atomic E-state index is 3.77. The second-order valence-corrected chi connectivity index (χ2v) is 5.65. The van der Waals surface area contributed by atoms with Crippen LogP contribution in [0.5, 0.6) is 0 Å². The van der Waals surface area contributed by atoms with Gasteiger partial charge in [-0.1, -0.05) is 58.0 Å². The minimum atomic E-state index is 0.536. The van der Waals surface area contributed by atoms with E-state index >= 15 is 0 Å². The Bertz CT molecular complexity index is 369. The van der Waals surface area contributed by atoms with Crippen LogP contribution < -0.4 is 5.19 Å². The Morgan fingerprint density at radius 2 is 1.72 bits per heavy atom. The minimum Gasteiger partial charge on any atom is -0.297 e. The van der Waals surface area contributed by atoms with Gasteiger partial charge in [0.15, 0.2) is 0 Å². The van der Waals surface area contributed by atoms with Gasteiger partial charge in [-0.15, -0.1) is 0 Å². The van der Waals surface area contributed by atoms with Crippen molar-refractivity contribution in [3.8, 4) is 0 Å². The number of nitrogens with zero attached hydrogens (tertiary/aromatic N) is 1. The molecule has 99 valence electrons. The zero-order chi connectivity index (χ0) is 13.7. The summed E-state index contributed by atoms with van der Waals surface area (Å²) in [6.07, 6.45) is 1.16. The first-order chi connectivity index (χ1) is 8.56. The van der Waals surface area contributed by atoms with Gasteiger partial charge in [0.05, 0.1) is 10.2 Å². The maximum Gasteiger partial charge on any atom is 0.0716 e. The largest absolute Gasteiger partial charge is 0.297 e. The monoisotopic (exact) mass is 260 g/mol. The van der Waals surface area contributed by atoms with Crippen molar-refractivity contribution >= 4 is 15.4 Å². The molecule has 1 rings (SSSR count). The van der Waals surface area contributed by atoms with Crippen LogP contribution >= 0.6 is 0 Å². The molecule has 0 saturated carbocycles. The van der Waals surface area contributed by atoms with Gasteiger partial charge in [0.25, 0.3) is 0 Å². The third kappa shape index (κ3) is 3.24. The molecule has 0 bridgehead atoms. The molecule has 3 radical (unpaired) electrons. The van der Waals surface area contributed by atoms with E-state index in [1.807, 2.05) is 0 Å². The van der Waals surface area contributed by atoms with Crippen LogP contribution in [0.4, 0.5) is 0 Å². The van der Waals surface area contributed by atoms with E-state index in [1.54, 1.807) is 0 Å². The standard InChI is InChI=1S/C16H26NSi/c1-6-14(17(7-2)8-3)13-10-9-11-15(18)16(13)12(4)5/h9-12,14H,6-8H2,1-5H3. The Morgan fingerprint density at radius 3 is 2.17 bits per heavy atom. The molecule has 1 atom stereocenters. The Kier molecular flexibility index (Phi) is 6.10. The van der Waals surface area contributed by atoms with Gasteiger partial charge < -0.3 is 0 Å². The number of rotatable bonds is 6. The SMILES string of the molecule is CCC(c1cccc([Si])c1C(C)C)N(CC)CC. The fraction of sp³-hybridized carbons (Fsp3) is 0.625. The third-order valence-corrected chi connectivity index (χ3v) is 4.15. The number of benzene rings is 1. The Labute approximate surface area is 116 Å².